The molecule has 1 aliphatic rings. The number of hydrogen-bond acceptors (Lipinski definition) is 9. The molecule has 4 atom stereocenters. The van der Waals surface area contributed by atoms with Crippen LogP contribution in [0.2, 0.25) is 0 Å². The van der Waals surface area contributed by atoms with E-state index in [-0.39, 0.29) is 13.0 Å². The summed E-state index contributed by atoms with van der Waals surface area (Å²) >= 11 is 0. The maximum absolute atomic E-state index is 11.1. The second-order valence-corrected chi connectivity index (χ2v) is 10.2. The SMILES string of the molecule is NS(=O)(=O)OCC1C[C@@H](Nc2ccnc3cc(-c4ccc5c(c4)oc4ccccc45)nn23)[C@H](O)[C@@H]1O. The molecule has 0 amide bonds. The number of aliphatic hydroxyl groups excluding tert-OH is 2. The van der Waals surface area contributed by atoms with Gasteiger partial charge in [0.1, 0.15) is 23.1 Å². The molecule has 3 heterocycles. The van der Waals surface area contributed by atoms with Crippen molar-refractivity contribution in [1.29, 1.82) is 0 Å². The van der Waals surface area contributed by atoms with Gasteiger partial charge in [0.25, 0.3) is 0 Å². The molecule has 1 fully saturated rings. The van der Waals surface area contributed by atoms with Crippen LogP contribution in [-0.2, 0) is 14.5 Å². The Balaban J connectivity index is 1.28. The number of nitrogens with two attached hydrogens (primary N) is 1. The highest BCUT2D eigenvalue weighted by molar-refractivity contribution is 7.84. The highest BCUT2D eigenvalue weighted by atomic mass is 32.2. The highest BCUT2D eigenvalue weighted by Gasteiger charge is 2.42. The minimum absolute atomic E-state index is 0.262. The molecule has 1 unspecified atom stereocenters. The largest absolute Gasteiger partial charge is 0.456 e. The molecule has 1 saturated carbocycles. The summed E-state index contributed by atoms with van der Waals surface area (Å²) in [6.07, 6.45) is -0.443. The maximum Gasteiger partial charge on any atom is 0.333 e. The van der Waals surface area contributed by atoms with E-state index in [2.05, 4.69) is 14.5 Å². The van der Waals surface area contributed by atoms with Crippen LogP contribution in [0, 0.1) is 5.92 Å². The minimum atomic E-state index is -4.15. The lowest BCUT2D eigenvalue weighted by molar-refractivity contribution is 0.00777. The number of fused-ring (bicyclic) bond motifs is 4. The number of hydrogen-bond donors (Lipinski definition) is 4. The van der Waals surface area contributed by atoms with Gasteiger partial charge in [-0.05, 0) is 30.7 Å². The van der Waals surface area contributed by atoms with Gasteiger partial charge in [0, 0.05) is 34.5 Å². The maximum atomic E-state index is 11.1. The molecule has 6 rings (SSSR count). The van der Waals surface area contributed by atoms with Crippen LogP contribution in [0.25, 0.3) is 38.8 Å². The Bertz CT molecular complexity index is 1700. The summed E-state index contributed by atoms with van der Waals surface area (Å²) in [4.78, 5) is 4.39. The fourth-order valence-electron chi connectivity index (χ4n) is 4.84. The topological polar surface area (TPSA) is 165 Å². The summed E-state index contributed by atoms with van der Waals surface area (Å²) in [6.45, 7) is -0.322. The molecule has 0 saturated heterocycles. The zero-order chi connectivity index (χ0) is 25.0. The Morgan fingerprint density at radius 1 is 1.08 bits per heavy atom. The first-order chi connectivity index (χ1) is 17.3. The van der Waals surface area contributed by atoms with Crippen molar-refractivity contribution in [3.05, 3.63) is 60.8 Å². The van der Waals surface area contributed by atoms with Crippen LogP contribution in [0.4, 0.5) is 5.82 Å². The van der Waals surface area contributed by atoms with Crippen LogP contribution < -0.4 is 10.5 Å². The molecular formula is C24H23N5O6S. The van der Waals surface area contributed by atoms with E-state index in [1.54, 1.807) is 16.8 Å². The Morgan fingerprint density at radius 3 is 2.72 bits per heavy atom. The lowest BCUT2D eigenvalue weighted by atomic mass is 10.1. The highest BCUT2D eigenvalue weighted by Crippen LogP contribution is 2.33. The smallest absolute Gasteiger partial charge is 0.333 e. The summed E-state index contributed by atoms with van der Waals surface area (Å²) in [5.41, 5.74) is 3.70. The Morgan fingerprint density at radius 2 is 1.89 bits per heavy atom. The normalized spacial score (nSPS) is 22.6. The number of benzene rings is 2. The average molecular weight is 510 g/mol. The second kappa shape index (κ2) is 8.54. The molecule has 2 aromatic carbocycles. The molecule has 3 aromatic heterocycles. The summed E-state index contributed by atoms with van der Waals surface area (Å²) in [5, 5.41) is 35.7. The molecule has 12 heteroatoms. The fourth-order valence-corrected chi connectivity index (χ4v) is 5.20. The third-order valence-electron chi connectivity index (χ3n) is 6.61. The van der Waals surface area contributed by atoms with Gasteiger partial charge < -0.3 is 19.9 Å². The lowest BCUT2D eigenvalue weighted by Crippen LogP contribution is -2.36. The van der Waals surface area contributed by atoms with Gasteiger partial charge in [0.2, 0.25) is 0 Å². The molecule has 0 bridgehead atoms. The first-order valence-electron chi connectivity index (χ1n) is 11.3. The number of nitrogens with one attached hydrogen (secondary N) is 1. The van der Waals surface area contributed by atoms with Crippen LogP contribution in [0.1, 0.15) is 6.42 Å². The molecule has 36 heavy (non-hydrogen) atoms. The van der Waals surface area contributed by atoms with Crippen molar-refractivity contribution in [3.8, 4) is 11.3 Å². The minimum Gasteiger partial charge on any atom is -0.456 e. The van der Waals surface area contributed by atoms with Gasteiger partial charge in [-0.25, -0.2) is 10.1 Å². The number of para-hydroxylation sites is 1. The lowest BCUT2D eigenvalue weighted by Gasteiger charge is -2.19. The molecule has 0 radical (unpaired) electrons. The van der Waals surface area contributed by atoms with Crippen molar-refractivity contribution < 1.29 is 27.2 Å². The average Bonchev–Trinajstić information content (AvgIpc) is 3.52. The van der Waals surface area contributed by atoms with E-state index in [1.807, 2.05) is 48.5 Å². The summed E-state index contributed by atoms with van der Waals surface area (Å²) in [5.74, 6) is -0.0581. The van der Waals surface area contributed by atoms with Gasteiger partial charge in [0.15, 0.2) is 5.65 Å². The predicted octanol–water partition coefficient (Wildman–Crippen LogP) is 2.04. The molecule has 11 nitrogen and oxygen atoms in total. The second-order valence-electron chi connectivity index (χ2n) is 8.94. The van der Waals surface area contributed by atoms with E-state index in [9.17, 15) is 18.6 Å². The quantitative estimate of drug-likeness (QED) is 0.268. The number of anilines is 1. The molecule has 0 aliphatic heterocycles. The van der Waals surface area contributed by atoms with Gasteiger partial charge in [-0.15, -0.1) is 0 Å². The zero-order valence-corrected chi connectivity index (χ0v) is 19.7. The van der Waals surface area contributed by atoms with Crippen LogP contribution in [0.5, 0.6) is 0 Å². The summed E-state index contributed by atoms with van der Waals surface area (Å²) < 4.78 is 34.4. The number of furan rings is 1. The number of aromatic nitrogens is 3. The molecular weight excluding hydrogens is 486 g/mol. The van der Waals surface area contributed by atoms with Crippen LogP contribution in [-0.4, -0.2) is 58.1 Å². The van der Waals surface area contributed by atoms with Gasteiger partial charge >= 0.3 is 10.3 Å². The van der Waals surface area contributed by atoms with Gasteiger partial charge in [-0.3, -0.25) is 4.18 Å². The van der Waals surface area contributed by atoms with E-state index in [0.717, 1.165) is 27.5 Å². The van der Waals surface area contributed by atoms with E-state index in [1.165, 1.54) is 0 Å². The number of nitrogens with zero attached hydrogens (tertiary/aromatic N) is 3. The molecule has 5 aromatic rings. The van der Waals surface area contributed by atoms with Crippen molar-refractivity contribution in [2.45, 2.75) is 24.7 Å². The predicted molar refractivity (Wildman–Crippen MR) is 132 cm³/mol. The van der Waals surface area contributed by atoms with E-state index in [4.69, 9.17) is 14.7 Å². The Hall–Kier alpha value is -3.55. The third-order valence-corrected chi connectivity index (χ3v) is 7.08. The van der Waals surface area contributed by atoms with E-state index >= 15 is 0 Å². The number of aliphatic hydroxyl groups is 2. The number of rotatable bonds is 6. The Labute approximate surface area is 205 Å². The van der Waals surface area contributed by atoms with Crippen LogP contribution >= 0.6 is 0 Å². The molecule has 1 aliphatic carbocycles. The van der Waals surface area contributed by atoms with Crippen LogP contribution in [0.3, 0.4) is 0 Å². The van der Waals surface area contributed by atoms with Crippen molar-refractivity contribution in [2.24, 2.45) is 11.1 Å². The van der Waals surface area contributed by atoms with Crippen molar-refractivity contribution in [3.63, 3.8) is 0 Å². The van der Waals surface area contributed by atoms with Crippen molar-refractivity contribution >= 4 is 43.7 Å². The first-order valence-corrected chi connectivity index (χ1v) is 12.8. The van der Waals surface area contributed by atoms with E-state index < -0.39 is 34.5 Å². The fraction of sp³-hybridized carbons (Fsp3) is 0.250. The molecule has 186 valence electrons. The van der Waals surface area contributed by atoms with E-state index in [0.29, 0.717) is 17.2 Å². The van der Waals surface area contributed by atoms with Gasteiger partial charge in [0.05, 0.1) is 24.4 Å². The standard InChI is InChI=1S/C24H23N5O6S/c25-36(32,33)34-12-14-9-18(24(31)23(14)30)27-21-7-8-26-22-11-17(28-29(21)22)13-5-6-16-15-3-1-2-4-19(15)35-20(16)10-13/h1-8,10-11,14,18,23-24,27,30-31H,9,12H2,(H2,25,32,33)/t14?,18-,23-,24+/m1/s1. The summed E-state index contributed by atoms with van der Waals surface area (Å²) in [6, 6.07) is 16.8. The van der Waals surface area contributed by atoms with Gasteiger partial charge in [-0.1, -0.05) is 24.3 Å². The molecule has 5 N–H and O–H groups in total. The monoisotopic (exact) mass is 509 g/mol. The first kappa shape index (κ1) is 22.9. The van der Waals surface area contributed by atoms with Crippen molar-refractivity contribution in [1.82, 2.24) is 14.6 Å². The van der Waals surface area contributed by atoms with Gasteiger partial charge in [-0.2, -0.15) is 18.0 Å². The van der Waals surface area contributed by atoms with Crippen LogP contribution in [0.15, 0.2) is 65.2 Å². The zero-order valence-electron chi connectivity index (χ0n) is 18.9. The van der Waals surface area contributed by atoms with Crippen molar-refractivity contribution in [2.75, 3.05) is 11.9 Å². The third kappa shape index (κ3) is 4.08. The Kier molecular flexibility index (Phi) is 5.43. The summed E-state index contributed by atoms with van der Waals surface area (Å²) in [7, 11) is -4.15. The molecule has 0 spiro atoms.